The van der Waals surface area contributed by atoms with Crippen molar-refractivity contribution < 1.29 is 14.3 Å². The zero-order valence-electron chi connectivity index (χ0n) is 10.6. The third-order valence-electron chi connectivity index (χ3n) is 2.86. The Balaban J connectivity index is 2.04. The molecule has 3 heteroatoms. The van der Waals surface area contributed by atoms with Crippen LogP contribution in [0, 0.1) is 0 Å². The molecule has 96 valence electrons. The van der Waals surface area contributed by atoms with Crippen molar-refractivity contribution in [2.45, 2.75) is 12.8 Å². The quantitative estimate of drug-likeness (QED) is 0.624. The molecule has 0 bridgehead atoms. The molecule has 0 saturated heterocycles. The maximum Gasteiger partial charge on any atom is 0.345 e. The van der Waals surface area contributed by atoms with Gasteiger partial charge in [0.2, 0.25) is 0 Å². The van der Waals surface area contributed by atoms with Crippen LogP contribution in [-0.4, -0.2) is 11.9 Å². The van der Waals surface area contributed by atoms with Crippen LogP contribution in [0.5, 0.6) is 0 Å². The summed E-state index contributed by atoms with van der Waals surface area (Å²) in [6, 6.07) is 17.7. The van der Waals surface area contributed by atoms with Crippen LogP contribution < -0.4 is 0 Å². The van der Waals surface area contributed by atoms with Crippen molar-refractivity contribution in [2.24, 2.45) is 0 Å². The van der Waals surface area contributed by atoms with Gasteiger partial charge in [-0.3, -0.25) is 4.79 Å². The molecule has 0 aliphatic heterocycles. The highest BCUT2D eigenvalue weighted by Crippen LogP contribution is 2.17. The Morgan fingerprint density at radius 2 is 1.42 bits per heavy atom. The SMILES string of the molecule is CC(C(=O)OC(=O)c1ccccc1)c1ccccc1. The van der Waals surface area contributed by atoms with E-state index < -0.39 is 17.9 Å². The van der Waals surface area contributed by atoms with E-state index in [1.807, 2.05) is 30.3 Å². The first-order valence-corrected chi connectivity index (χ1v) is 6.04. The Kier molecular flexibility index (Phi) is 4.08. The van der Waals surface area contributed by atoms with E-state index >= 15 is 0 Å². The fourth-order valence-electron chi connectivity index (χ4n) is 1.69. The van der Waals surface area contributed by atoms with Gasteiger partial charge in [-0.25, -0.2) is 4.79 Å². The molecule has 0 spiro atoms. The maximum atomic E-state index is 11.9. The number of ether oxygens (including phenoxy) is 1. The number of esters is 2. The van der Waals surface area contributed by atoms with Gasteiger partial charge >= 0.3 is 11.9 Å². The minimum absolute atomic E-state index is 0.371. The summed E-state index contributed by atoms with van der Waals surface area (Å²) in [5.41, 5.74) is 1.20. The Morgan fingerprint density at radius 3 is 2.00 bits per heavy atom. The van der Waals surface area contributed by atoms with Gasteiger partial charge in [0.05, 0.1) is 11.5 Å². The topological polar surface area (TPSA) is 43.4 Å². The van der Waals surface area contributed by atoms with Crippen molar-refractivity contribution in [3.8, 4) is 0 Å². The fourth-order valence-corrected chi connectivity index (χ4v) is 1.69. The lowest BCUT2D eigenvalue weighted by Crippen LogP contribution is -2.18. The van der Waals surface area contributed by atoms with E-state index in [0.29, 0.717) is 5.56 Å². The minimum atomic E-state index is -0.617. The lowest BCUT2D eigenvalue weighted by Gasteiger charge is -2.10. The molecular formula is C16H14O3. The van der Waals surface area contributed by atoms with E-state index in [1.165, 1.54) is 0 Å². The van der Waals surface area contributed by atoms with E-state index in [-0.39, 0.29) is 0 Å². The van der Waals surface area contributed by atoms with Gasteiger partial charge in [0, 0.05) is 0 Å². The molecule has 19 heavy (non-hydrogen) atoms. The average Bonchev–Trinajstić information content (AvgIpc) is 2.48. The predicted octanol–water partition coefficient (Wildman–Crippen LogP) is 3.17. The number of hydrogen-bond donors (Lipinski definition) is 0. The Labute approximate surface area is 111 Å². The lowest BCUT2D eigenvalue weighted by molar-refractivity contribution is -0.139. The molecule has 2 aromatic rings. The van der Waals surface area contributed by atoms with Crippen molar-refractivity contribution in [3.05, 3.63) is 71.8 Å². The van der Waals surface area contributed by atoms with Gasteiger partial charge in [0.25, 0.3) is 0 Å². The number of carbonyl (C=O) groups excluding carboxylic acids is 2. The van der Waals surface area contributed by atoms with Crippen molar-refractivity contribution in [1.29, 1.82) is 0 Å². The van der Waals surface area contributed by atoms with Gasteiger partial charge in [-0.05, 0) is 24.6 Å². The van der Waals surface area contributed by atoms with Crippen LogP contribution in [0.2, 0.25) is 0 Å². The van der Waals surface area contributed by atoms with Crippen molar-refractivity contribution >= 4 is 11.9 Å². The van der Waals surface area contributed by atoms with Gasteiger partial charge in [-0.2, -0.15) is 0 Å². The normalized spacial score (nSPS) is 11.6. The van der Waals surface area contributed by atoms with E-state index in [1.54, 1.807) is 37.3 Å². The van der Waals surface area contributed by atoms with Gasteiger partial charge in [0.1, 0.15) is 0 Å². The molecule has 0 amide bonds. The monoisotopic (exact) mass is 254 g/mol. The number of hydrogen-bond acceptors (Lipinski definition) is 3. The highest BCUT2D eigenvalue weighted by Gasteiger charge is 2.20. The van der Waals surface area contributed by atoms with Crippen LogP contribution in [0.1, 0.15) is 28.8 Å². The van der Waals surface area contributed by atoms with Crippen LogP contribution in [0.4, 0.5) is 0 Å². The highest BCUT2D eigenvalue weighted by atomic mass is 16.6. The summed E-state index contributed by atoms with van der Waals surface area (Å²) in [7, 11) is 0. The van der Waals surface area contributed by atoms with Crippen molar-refractivity contribution in [2.75, 3.05) is 0 Å². The van der Waals surface area contributed by atoms with Gasteiger partial charge < -0.3 is 4.74 Å². The van der Waals surface area contributed by atoms with Gasteiger partial charge in [0.15, 0.2) is 0 Å². The molecular weight excluding hydrogens is 240 g/mol. The smallest absolute Gasteiger partial charge is 0.345 e. The molecule has 3 nitrogen and oxygen atoms in total. The summed E-state index contributed by atoms with van der Waals surface area (Å²) in [5, 5.41) is 0. The predicted molar refractivity (Wildman–Crippen MR) is 71.7 cm³/mol. The van der Waals surface area contributed by atoms with E-state index in [2.05, 4.69) is 0 Å². The minimum Gasteiger partial charge on any atom is -0.389 e. The summed E-state index contributed by atoms with van der Waals surface area (Å²) in [6.45, 7) is 1.72. The summed E-state index contributed by atoms with van der Waals surface area (Å²) in [5.74, 6) is -1.62. The summed E-state index contributed by atoms with van der Waals surface area (Å²) >= 11 is 0. The molecule has 2 aromatic carbocycles. The van der Waals surface area contributed by atoms with E-state index in [4.69, 9.17) is 4.74 Å². The molecule has 0 heterocycles. The second-order valence-corrected chi connectivity index (χ2v) is 4.21. The molecule has 0 N–H and O–H groups in total. The fraction of sp³-hybridized carbons (Fsp3) is 0.125. The van der Waals surface area contributed by atoms with Gasteiger partial charge in [-0.1, -0.05) is 48.5 Å². The molecule has 0 saturated carbocycles. The Bertz CT molecular complexity index is 561. The summed E-state index contributed by atoms with van der Waals surface area (Å²) < 4.78 is 4.87. The van der Waals surface area contributed by atoms with Crippen LogP contribution in [0.15, 0.2) is 60.7 Å². The van der Waals surface area contributed by atoms with Crippen molar-refractivity contribution in [1.82, 2.24) is 0 Å². The lowest BCUT2D eigenvalue weighted by atomic mass is 10.0. The second-order valence-electron chi connectivity index (χ2n) is 4.21. The van der Waals surface area contributed by atoms with Crippen LogP contribution in [0.3, 0.4) is 0 Å². The first kappa shape index (κ1) is 13.0. The molecule has 0 aliphatic rings. The summed E-state index contributed by atoms with van der Waals surface area (Å²) in [4.78, 5) is 23.6. The molecule has 0 aliphatic carbocycles. The van der Waals surface area contributed by atoms with E-state index in [9.17, 15) is 9.59 Å². The molecule has 1 atom stereocenters. The highest BCUT2D eigenvalue weighted by molar-refractivity contribution is 5.98. The van der Waals surface area contributed by atoms with Crippen LogP contribution in [-0.2, 0) is 9.53 Å². The standard InChI is InChI=1S/C16H14O3/c1-12(13-8-4-2-5-9-13)15(17)19-16(18)14-10-6-3-7-11-14/h2-12H,1H3. The van der Waals surface area contributed by atoms with Gasteiger partial charge in [-0.15, -0.1) is 0 Å². The van der Waals surface area contributed by atoms with Crippen molar-refractivity contribution in [3.63, 3.8) is 0 Å². The zero-order chi connectivity index (χ0) is 13.7. The van der Waals surface area contributed by atoms with E-state index in [0.717, 1.165) is 5.56 Å². The second kappa shape index (κ2) is 5.96. The number of rotatable bonds is 3. The third-order valence-corrected chi connectivity index (χ3v) is 2.86. The zero-order valence-corrected chi connectivity index (χ0v) is 10.6. The largest absolute Gasteiger partial charge is 0.389 e. The first-order chi connectivity index (χ1) is 9.18. The van der Waals surface area contributed by atoms with Crippen LogP contribution in [0.25, 0.3) is 0 Å². The molecule has 1 unspecified atom stereocenters. The molecule has 0 fully saturated rings. The third kappa shape index (κ3) is 3.28. The number of benzene rings is 2. The first-order valence-electron chi connectivity index (χ1n) is 6.04. The van der Waals surface area contributed by atoms with Crippen LogP contribution >= 0.6 is 0 Å². The number of carbonyl (C=O) groups is 2. The average molecular weight is 254 g/mol. The molecule has 2 rings (SSSR count). The maximum absolute atomic E-state index is 11.9. The Hall–Kier alpha value is -2.42. The molecule has 0 radical (unpaired) electrons. The summed E-state index contributed by atoms with van der Waals surface area (Å²) in [6.07, 6.45) is 0. The molecule has 0 aromatic heterocycles. The Morgan fingerprint density at radius 1 is 0.895 bits per heavy atom.